The second kappa shape index (κ2) is 3.13. The Kier molecular flexibility index (Phi) is 2.28. The Bertz CT molecular complexity index is 423. The third-order valence-corrected chi connectivity index (χ3v) is 1.33. The minimum Gasteiger partial charge on any atom is -0.358 e. The number of alkyl halides is 3. The highest BCUT2D eigenvalue weighted by molar-refractivity contribution is 5.23. The summed E-state index contributed by atoms with van der Waals surface area (Å²) in [5, 5.41) is 10.1. The molecule has 1 heterocycles. The van der Waals surface area contributed by atoms with Crippen molar-refractivity contribution in [2.24, 2.45) is 0 Å². The van der Waals surface area contributed by atoms with Gasteiger partial charge in [0.05, 0.1) is 6.07 Å². The van der Waals surface area contributed by atoms with Crippen molar-refractivity contribution in [1.82, 2.24) is 4.98 Å². The van der Waals surface area contributed by atoms with Gasteiger partial charge in [-0.3, -0.25) is 4.79 Å². The molecule has 14 heavy (non-hydrogen) atoms. The van der Waals surface area contributed by atoms with E-state index < -0.39 is 28.0 Å². The molecule has 0 amide bonds. The fraction of sp³-hybridized carbons (Fsp3) is 0.167. The summed E-state index contributed by atoms with van der Waals surface area (Å²) in [6.07, 6.45) is -4.80. The summed E-state index contributed by atoms with van der Waals surface area (Å²) in [5.41, 5.74) is -2.50. The summed E-state index contributed by atoms with van der Waals surface area (Å²) in [7, 11) is 0. The molecule has 5 nitrogen and oxygen atoms in total. The zero-order valence-corrected chi connectivity index (χ0v) is 6.46. The van der Waals surface area contributed by atoms with Gasteiger partial charge in [-0.15, -0.1) is 0 Å². The Morgan fingerprint density at radius 1 is 1.36 bits per heavy atom. The monoisotopic (exact) mass is 208 g/mol. The lowest BCUT2D eigenvalue weighted by atomic mass is 10.3. The Hall–Kier alpha value is -1.86. The molecular formula is C6H3F3N2O3. The fourth-order valence-electron chi connectivity index (χ4n) is 0.780. The van der Waals surface area contributed by atoms with E-state index in [-0.39, 0.29) is 6.07 Å². The van der Waals surface area contributed by atoms with Gasteiger partial charge in [-0.25, -0.2) is 4.98 Å². The number of aromatic nitrogens is 1. The maximum atomic E-state index is 12.0. The van der Waals surface area contributed by atoms with Gasteiger partial charge in [0.2, 0.25) is 5.69 Å². The highest BCUT2D eigenvalue weighted by atomic mass is 19.4. The van der Waals surface area contributed by atoms with Crippen molar-refractivity contribution in [3.05, 3.63) is 38.2 Å². The van der Waals surface area contributed by atoms with Crippen LogP contribution in [0, 0.1) is 10.1 Å². The molecule has 0 aliphatic carbocycles. The van der Waals surface area contributed by atoms with Crippen molar-refractivity contribution >= 4 is 5.82 Å². The standard InChI is InChI=1S/C6H3F3N2O3/c7-6(8,9)4-1-3(12)2-5(10-4)11(13)14/h1-2H,(H,10,12). The van der Waals surface area contributed by atoms with Crippen LogP contribution >= 0.6 is 0 Å². The quantitative estimate of drug-likeness (QED) is 0.558. The van der Waals surface area contributed by atoms with E-state index in [1.807, 2.05) is 0 Å². The SMILES string of the molecule is O=c1cc([N+](=O)[O-])[nH]c(C(F)(F)F)c1. The van der Waals surface area contributed by atoms with Crippen LogP contribution in [0.25, 0.3) is 0 Å². The van der Waals surface area contributed by atoms with Crippen LogP contribution in [0.3, 0.4) is 0 Å². The summed E-state index contributed by atoms with van der Waals surface area (Å²) in [4.78, 5) is 21.1. The average Bonchev–Trinajstić information content (AvgIpc) is 2.01. The zero-order valence-electron chi connectivity index (χ0n) is 6.46. The zero-order chi connectivity index (χ0) is 10.9. The van der Waals surface area contributed by atoms with Crippen LogP contribution in [0.1, 0.15) is 5.69 Å². The first-order chi connectivity index (χ1) is 6.30. The highest BCUT2D eigenvalue weighted by Gasteiger charge is 2.36. The van der Waals surface area contributed by atoms with Gasteiger partial charge in [-0.05, 0) is 4.92 Å². The third kappa shape index (κ3) is 2.09. The summed E-state index contributed by atoms with van der Waals surface area (Å²) in [6, 6.07) is 0.738. The molecule has 0 saturated carbocycles. The summed E-state index contributed by atoms with van der Waals surface area (Å²) in [6.45, 7) is 0. The van der Waals surface area contributed by atoms with E-state index in [2.05, 4.69) is 0 Å². The fourth-order valence-corrected chi connectivity index (χ4v) is 0.780. The normalized spacial score (nSPS) is 11.4. The topological polar surface area (TPSA) is 76.0 Å². The molecule has 0 unspecified atom stereocenters. The number of nitro groups is 1. The molecule has 0 aliphatic heterocycles. The maximum Gasteiger partial charge on any atom is 0.453 e. The number of rotatable bonds is 1. The predicted octanol–water partition coefficient (Wildman–Crippen LogP) is 1.30. The van der Waals surface area contributed by atoms with Gasteiger partial charge in [-0.1, -0.05) is 0 Å². The number of hydrogen-bond donors (Lipinski definition) is 1. The van der Waals surface area contributed by atoms with Gasteiger partial charge in [0.1, 0.15) is 0 Å². The third-order valence-electron chi connectivity index (χ3n) is 1.33. The van der Waals surface area contributed by atoms with Crippen molar-refractivity contribution in [2.75, 3.05) is 0 Å². The minimum atomic E-state index is -4.80. The van der Waals surface area contributed by atoms with E-state index in [0.717, 1.165) is 0 Å². The molecule has 1 rings (SSSR count). The first-order valence-corrected chi connectivity index (χ1v) is 3.26. The van der Waals surface area contributed by atoms with Gasteiger partial charge < -0.3 is 10.1 Å². The lowest BCUT2D eigenvalue weighted by molar-refractivity contribution is -0.390. The van der Waals surface area contributed by atoms with E-state index in [0.29, 0.717) is 6.07 Å². The first kappa shape index (κ1) is 10.2. The second-order valence-electron chi connectivity index (χ2n) is 2.37. The Morgan fingerprint density at radius 2 is 1.93 bits per heavy atom. The number of H-pyrrole nitrogens is 1. The van der Waals surface area contributed by atoms with Crippen LogP contribution in [-0.2, 0) is 6.18 Å². The van der Waals surface area contributed by atoms with Crippen LogP contribution in [0.2, 0.25) is 0 Å². The van der Waals surface area contributed by atoms with Crippen LogP contribution < -0.4 is 5.43 Å². The largest absolute Gasteiger partial charge is 0.453 e. The Balaban J connectivity index is 3.35. The van der Waals surface area contributed by atoms with Crippen molar-refractivity contribution < 1.29 is 18.1 Å². The van der Waals surface area contributed by atoms with Crippen LogP contribution in [0.4, 0.5) is 19.0 Å². The summed E-state index contributed by atoms with van der Waals surface area (Å²) in [5.74, 6) is -0.982. The molecule has 0 aromatic carbocycles. The average molecular weight is 208 g/mol. The van der Waals surface area contributed by atoms with Crippen LogP contribution in [-0.4, -0.2) is 9.91 Å². The summed E-state index contributed by atoms with van der Waals surface area (Å²) >= 11 is 0. The van der Waals surface area contributed by atoms with E-state index >= 15 is 0 Å². The predicted molar refractivity (Wildman–Crippen MR) is 38.7 cm³/mol. The van der Waals surface area contributed by atoms with Gasteiger partial charge in [0, 0.05) is 6.07 Å². The van der Waals surface area contributed by atoms with E-state index in [1.165, 1.54) is 4.98 Å². The lowest BCUT2D eigenvalue weighted by Crippen LogP contribution is -2.14. The molecule has 0 atom stereocenters. The smallest absolute Gasteiger partial charge is 0.358 e. The van der Waals surface area contributed by atoms with Gasteiger partial charge in [0.15, 0.2) is 5.43 Å². The highest BCUT2D eigenvalue weighted by Crippen LogP contribution is 2.27. The molecule has 1 aromatic rings. The van der Waals surface area contributed by atoms with Crippen LogP contribution in [0.5, 0.6) is 0 Å². The van der Waals surface area contributed by atoms with E-state index in [4.69, 9.17) is 0 Å². The number of nitrogens with one attached hydrogen (secondary N) is 1. The molecule has 0 aliphatic rings. The molecule has 0 radical (unpaired) electrons. The molecule has 0 saturated heterocycles. The number of halogens is 3. The van der Waals surface area contributed by atoms with Crippen LogP contribution in [0.15, 0.2) is 16.9 Å². The van der Waals surface area contributed by atoms with Crippen molar-refractivity contribution in [3.63, 3.8) is 0 Å². The number of aromatic amines is 1. The maximum absolute atomic E-state index is 12.0. The molecule has 8 heteroatoms. The molecular weight excluding hydrogens is 205 g/mol. The van der Waals surface area contributed by atoms with Gasteiger partial charge >= 0.3 is 12.0 Å². The molecule has 1 N–H and O–H groups in total. The number of pyridine rings is 1. The minimum absolute atomic E-state index is 0.257. The van der Waals surface area contributed by atoms with Gasteiger partial charge in [0.25, 0.3) is 0 Å². The Labute approximate surface area is 74.3 Å². The summed E-state index contributed by atoms with van der Waals surface area (Å²) < 4.78 is 36.1. The van der Waals surface area contributed by atoms with Crippen molar-refractivity contribution in [3.8, 4) is 0 Å². The van der Waals surface area contributed by atoms with Crippen molar-refractivity contribution in [1.29, 1.82) is 0 Å². The number of hydrogen-bond acceptors (Lipinski definition) is 3. The molecule has 1 aromatic heterocycles. The lowest BCUT2D eigenvalue weighted by Gasteiger charge is -2.02. The Morgan fingerprint density at radius 3 is 2.36 bits per heavy atom. The first-order valence-electron chi connectivity index (χ1n) is 3.26. The van der Waals surface area contributed by atoms with Gasteiger partial charge in [-0.2, -0.15) is 13.2 Å². The molecule has 0 spiro atoms. The number of nitrogens with zero attached hydrogens (tertiary/aromatic N) is 1. The van der Waals surface area contributed by atoms with Crippen molar-refractivity contribution in [2.45, 2.75) is 6.18 Å². The molecule has 0 fully saturated rings. The molecule has 0 bridgehead atoms. The van der Waals surface area contributed by atoms with E-state index in [1.54, 1.807) is 0 Å². The van der Waals surface area contributed by atoms with E-state index in [9.17, 15) is 28.1 Å². The molecule has 76 valence electrons. The second-order valence-corrected chi connectivity index (χ2v) is 2.37.